The van der Waals surface area contributed by atoms with E-state index in [2.05, 4.69) is 0 Å². The molecule has 0 saturated carbocycles. The van der Waals surface area contributed by atoms with Gasteiger partial charge in [0.15, 0.2) is 0 Å². The van der Waals surface area contributed by atoms with E-state index in [-0.39, 0.29) is 0 Å². The van der Waals surface area contributed by atoms with Gasteiger partial charge in [-0.2, -0.15) is 13.2 Å². The molecule has 0 amide bonds. The summed E-state index contributed by atoms with van der Waals surface area (Å²) in [5.41, 5.74) is 0. The van der Waals surface area contributed by atoms with Gasteiger partial charge in [-0.05, 0) is 19.3 Å². The molecule has 2 unspecified atom stereocenters. The highest BCUT2D eigenvalue weighted by molar-refractivity contribution is 6.21. The standard InChI is InChI=1S/C8H10ClF3/c9-7(8(10,11)12)6-4-2-1-3-5-6/h2,4,6-7H,1,3,5H2. The predicted octanol–water partition coefficient (Wildman–Crippen LogP) is 3.51. The molecule has 0 saturated heterocycles. The van der Waals surface area contributed by atoms with E-state index in [4.69, 9.17) is 11.6 Å². The smallest absolute Gasteiger partial charge is 0.169 e. The van der Waals surface area contributed by atoms with Crippen molar-refractivity contribution in [2.75, 3.05) is 0 Å². The molecule has 0 heterocycles. The topological polar surface area (TPSA) is 0 Å². The van der Waals surface area contributed by atoms with Gasteiger partial charge in [0.25, 0.3) is 0 Å². The Bertz CT molecular complexity index is 174. The van der Waals surface area contributed by atoms with Crippen LogP contribution >= 0.6 is 11.6 Å². The van der Waals surface area contributed by atoms with Gasteiger partial charge < -0.3 is 0 Å². The lowest BCUT2D eigenvalue weighted by atomic mass is 9.92. The Kier molecular flexibility index (Phi) is 3.04. The summed E-state index contributed by atoms with van der Waals surface area (Å²) in [4.78, 5) is 0. The van der Waals surface area contributed by atoms with Crippen molar-refractivity contribution in [1.29, 1.82) is 0 Å². The second-order valence-corrected chi connectivity index (χ2v) is 3.44. The van der Waals surface area contributed by atoms with Crippen LogP contribution in [-0.4, -0.2) is 11.6 Å². The van der Waals surface area contributed by atoms with Crippen molar-refractivity contribution in [1.82, 2.24) is 0 Å². The normalized spacial score (nSPS) is 27.2. The number of halogens is 4. The molecular weight excluding hydrogens is 189 g/mol. The SMILES string of the molecule is FC(F)(F)C(Cl)C1C=CCCC1. The Hall–Kier alpha value is -0.180. The molecular formula is C8H10ClF3. The molecule has 70 valence electrons. The van der Waals surface area contributed by atoms with Crippen LogP contribution in [0.5, 0.6) is 0 Å². The van der Waals surface area contributed by atoms with Crippen molar-refractivity contribution in [2.24, 2.45) is 5.92 Å². The fourth-order valence-corrected chi connectivity index (χ4v) is 1.54. The Labute approximate surface area is 74.4 Å². The summed E-state index contributed by atoms with van der Waals surface area (Å²) in [6, 6.07) is 0. The summed E-state index contributed by atoms with van der Waals surface area (Å²) >= 11 is 5.26. The van der Waals surface area contributed by atoms with E-state index >= 15 is 0 Å². The van der Waals surface area contributed by atoms with E-state index in [1.54, 1.807) is 12.2 Å². The highest BCUT2D eigenvalue weighted by atomic mass is 35.5. The maximum absolute atomic E-state index is 12.1. The van der Waals surface area contributed by atoms with Crippen LogP contribution in [0.4, 0.5) is 13.2 Å². The van der Waals surface area contributed by atoms with Gasteiger partial charge in [0.05, 0.1) is 0 Å². The van der Waals surface area contributed by atoms with E-state index in [1.165, 1.54) is 0 Å². The van der Waals surface area contributed by atoms with Gasteiger partial charge in [-0.3, -0.25) is 0 Å². The van der Waals surface area contributed by atoms with Crippen molar-refractivity contribution in [3.05, 3.63) is 12.2 Å². The van der Waals surface area contributed by atoms with Gasteiger partial charge >= 0.3 is 6.18 Å². The van der Waals surface area contributed by atoms with Crippen LogP contribution in [0.25, 0.3) is 0 Å². The maximum atomic E-state index is 12.1. The zero-order chi connectivity index (χ0) is 9.19. The van der Waals surface area contributed by atoms with Crippen LogP contribution < -0.4 is 0 Å². The van der Waals surface area contributed by atoms with Gasteiger partial charge in [0.1, 0.15) is 5.38 Å². The Morgan fingerprint density at radius 1 is 1.42 bits per heavy atom. The molecule has 2 atom stereocenters. The van der Waals surface area contributed by atoms with E-state index in [1.807, 2.05) is 0 Å². The lowest BCUT2D eigenvalue weighted by molar-refractivity contribution is -0.137. The van der Waals surface area contributed by atoms with Crippen LogP contribution in [0.15, 0.2) is 12.2 Å². The molecule has 0 nitrogen and oxygen atoms in total. The molecule has 4 heteroatoms. The molecule has 0 aromatic carbocycles. The predicted molar refractivity (Wildman–Crippen MR) is 42.2 cm³/mol. The molecule has 1 aliphatic carbocycles. The first kappa shape index (κ1) is 9.90. The summed E-state index contributed by atoms with van der Waals surface area (Å²) < 4.78 is 36.2. The van der Waals surface area contributed by atoms with Gasteiger partial charge in [0, 0.05) is 5.92 Å². The molecule has 0 bridgehead atoms. The lowest BCUT2D eigenvalue weighted by Crippen LogP contribution is -2.30. The summed E-state index contributed by atoms with van der Waals surface area (Å²) in [7, 11) is 0. The van der Waals surface area contributed by atoms with Crippen molar-refractivity contribution >= 4 is 11.6 Å². The van der Waals surface area contributed by atoms with E-state index < -0.39 is 17.5 Å². The van der Waals surface area contributed by atoms with E-state index in [0.29, 0.717) is 6.42 Å². The van der Waals surface area contributed by atoms with Crippen LogP contribution in [0.3, 0.4) is 0 Å². The Morgan fingerprint density at radius 3 is 2.50 bits per heavy atom. The third-order valence-corrected chi connectivity index (χ3v) is 2.55. The average Bonchev–Trinajstić information content (AvgIpc) is 2.03. The summed E-state index contributed by atoms with van der Waals surface area (Å²) in [5, 5.41) is -1.71. The zero-order valence-corrected chi connectivity index (χ0v) is 7.20. The van der Waals surface area contributed by atoms with Crippen LogP contribution in [0.2, 0.25) is 0 Å². The monoisotopic (exact) mass is 198 g/mol. The highest BCUT2D eigenvalue weighted by Gasteiger charge is 2.42. The van der Waals surface area contributed by atoms with Crippen molar-refractivity contribution in [2.45, 2.75) is 30.8 Å². The van der Waals surface area contributed by atoms with Crippen molar-refractivity contribution in [3.63, 3.8) is 0 Å². The first-order valence-corrected chi connectivity index (χ1v) is 4.33. The minimum absolute atomic E-state index is 0.527. The second-order valence-electron chi connectivity index (χ2n) is 2.97. The first-order chi connectivity index (χ1) is 5.52. The fourth-order valence-electron chi connectivity index (χ4n) is 1.33. The molecule has 1 aliphatic rings. The molecule has 1 rings (SSSR count). The minimum atomic E-state index is -4.27. The minimum Gasteiger partial charge on any atom is -0.169 e. The Balaban J connectivity index is 2.57. The second kappa shape index (κ2) is 3.69. The molecule has 0 aliphatic heterocycles. The average molecular weight is 199 g/mol. The maximum Gasteiger partial charge on any atom is 0.405 e. The Morgan fingerprint density at radius 2 is 2.08 bits per heavy atom. The third kappa shape index (κ3) is 2.41. The highest BCUT2D eigenvalue weighted by Crippen LogP contribution is 2.35. The summed E-state index contributed by atoms with van der Waals surface area (Å²) in [5.74, 6) is -0.527. The third-order valence-electron chi connectivity index (χ3n) is 1.98. The number of rotatable bonds is 1. The number of allylic oxidation sites excluding steroid dienone is 2. The summed E-state index contributed by atoms with van der Waals surface area (Å²) in [6.07, 6.45) is 1.31. The van der Waals surface area contributed by atoms with Gasteiger partial charge in [0.2, 0.25) is 0 Å². The van der Waals surface area contributed by atoms with E-state index in [9.17, 15) is 13.2 Å². The van der Waals surface area contributed by atoms with Crippen molar-refractivity contribution < 1.29 is 13.2 Å². The van der Waals surface area contributed by atoms with Crippen LogP contribution in [0.1, 0.15) is 19.3 Å². The number of alkyl halides is 4. The van der Waals surface area contributed by atoms with Gasteiger partial charge in [-0.15, -0.1) is 11.6 Å². The van der Waals surface area contributed by atoms with Crippen LogP contribution in [-0.2, 0) is 0 Å². The number of hydrogen-bond donors (Lipinski definition) is 0. The van der Waals surface area contributed by atoms with Crippen LogP contribution in [0, 0.1) is 5.92 Å². The molecule has 0 spiro atoms. The number of hydrogen-bond acceptors (Lipinski definition) is 0. The quantitative estimate of drug-likeness (QED) is 0.447. The molecule has 0 radical (unpaired) electrons. The van der Waals surface area contributed by atoms with Crippen molar-refractivity contribution in [3.8, 4) is 0 Å². The summed E-state index contributed by atoms with van der Waals surface area (Å²) in [6.45, 7) is 0. The van der Waals surface area contributed by atoms with Gasteiger partial charge in [-0.25, -0.2) is 0 Å². The molecule has 0 N–H and O–H groups in total. The van der Waals surface area contributed by atoms with Gasteiger partial charge in [-0.1, -0.05) is 12.2 Å². The fraction of sp³-hybridized carbons (Fsp3) is 0.750. The first-order valence-electron chi connectivity index (χ1n) is 3.89. The lowest BCUT2D eigenvalue weighted by Gasteiger charge is -2.23. The van der Waals surface area contributed by atoms with E-state index in [0.717, 1.165) is 12.8 Å². The largest absolute Gasteiger partial charge is 0.405 e. The molecule has 0 fully saturated rings. The zero-order valence-electron chi connectivity index (χ0n) is 6.44. The molecule has 0 aromatic rings. The molecule has 0 aromatic heterocycles. The molecule has 12 heavy (non-hydrogen) atoms.